The third-order valence-corrected chi connectivity index (χ3v) is 3.42. The summed E-state index contributed by atoms with van der Waals surface area (Å²) in [7, 11) is 0. The third kappa shape index (κ3) is 2.99. The van der Waals surface area contributed by atoms with Crippen LogP contribution < -0.4 is 9.47 Å². The summed E-state index contributed by atoms with van der Waals surface area (Å²) in [6.45, 7) is 3.17. The minimum atomic E-state index is -0.0274. The summed E-state index contributed by atoms with van der Waals surface area (Å²) in [5.41, 5.74) is 1.76. The van der Waals surface area contributed by atoms with Gasteiger partial charge in [-0.1, -0.05) is 18.2 Å². The van der Waals surface area contributed by atoms with Gasteiger partial charge in [-0.3, -0.25) is 4.99 Å². The summed E-state index contributed by atoms with van der Waals surface area (Å²) in [4.78, 5) is 4.49. The molecule has 0 unspecified atom stereocenters. The summed E-state index contributed by atoms with van der Waals surface area (Å²) in [5, 5.41) is 9.72. The largest absolute Gasteiger partial charge is 0.507 e. The first-order valence-electron chi connectivity index (χ1n) is 6.95. The molecule has 3 rings (SSSR count). The molecule has 1 atom stereocenters. The molecule has 0 amide bonds. The molecule has 0 saturated heterocycles. The molecule has 21 heavy (non-hydrogen) atoms. The summed E-state index contributed by atoms with van der Waals surface area (Å²) < 4.78 is 11.1. The Morgan fingerprint density at radius 1 is 1.10 bits per heavy atom. The van der Waals surface area contributed by atoms with Gasteiger partial charge in [-0.2, -0.15) is 0 Å². The van der Waals surface area contributed by atoms with E-state index in [-0.39, 0.29) is 11.8 Å². The smallest absolute Gasteiger partial charge is 0.161 e. The number of rotatable bonds is 3. The van der Waals surface area contributed by atoms with Crippen molar-refractivity contribution >= 4 is 6.21 Å². The van der Waals surface area contributed by atoms with Gasteiger partial charge in [0.15, 0.2) is 11.5 Å². The van der Waals surface area contributed by atoms with Crippen LogP contribution in [0.2, 0.25) is 0 Å². The van der Waals surface area contributed by atoms with Gasteiger partial charge in [-0.15, -0.1) is 0 Å². The van der Waals surface area contributed by atoms with Gasteiger partial charge in [0.2, 0.25) is 0 Å². The van der Waals surface area contributed by atoms with Crippen molar-refractivity contribution in [2.24, 2.45) is 4.99 Å². The number of hydrogen-bond donors (Lipinski definition) is 1. The summed E-state index contributed by atoms with van der Waals surface area (Å²) in [5.74, 6) is 1.78. The van der Waals surface area contributed by atoms with Gasteiger partial charge in [0.25, 0.3) is 0 Å². The van der Waals surface area contributed by atoms with Crippen molar-refractivity contribution in [1.82, 2.24) is 0 Å². The predicted molar refractivity (Wildman–Crippen MR) is 81.5 cm³/mol. The first kappa shape index (κ1) is 13.5. The van der Waals surface area contributed by atoms with Crippen molar-refractivity contribution < 1.29 is 14.6 Å². The maximum Gasteiger partial charge on any atom is 0.161 e. The molecule has 0 aliphatic carbocycles. The summed E-state index contributed by atoms with van der Waals surface area (Å²) >= 11 is 0. The number of fused-ring (bicyclic) bond motifs is 1. The van der Waals surface area contributed by atoms with Crippen LogP contribution in [0.5, 0.6) is 17.2 Å². The maximum atomic E-state index is 9.72. The van der Waals surface area contributed by atoms with E-state index < -0.39 is 0 Å². The van der Waals surface area contributed by atoms with Crippen molar-refractivity contribution in [2.45, 2.75) is 13.0 Å². The minimum Gasteiger partial charge on any atom is -0.507 e. The molecule has 0 spiro atoms. The molecule has 2 aromatic carbocycles. The molecule has 1 aliphatic rings. The number of aliphatic imine (C=N–C) groups is 1. The van der Waals surface area contributed by atoms with Gasteiger partial charge < -0.3 is 14.6 Å². The first-order chi connectivity index (χ1) is 10.2. The van der Waals surface area contributed by atoms with Crippen molar-refractivity contribution in [3.8, 4) is 17.2 Å². The number of hydrogen-bond acceptors (Lipinski definition) is 4. The number of para-hydroxylation sites is 1. The first-order valence-corrected chi connectivity index (χ1v) is 6.95. The highest BCUT2D eigenvalue weighted by atomic mass is 16.6. The van der Waals surface area contributed by atoms with Crippen molar-refractivity contribution in [3.63, 3.8) is 0 Å². The van der Waals surface area contributed by atoms with E-state index in [2.05, 4.69) is 4.99 Å². The van der Waals surface area contributed by atoms with Gasteiger partial charge in [-0.05, 0) is 36.8 Å². The molecule has 0 bridgehead atoms. The van der Waals surface area contributed by atoms with E-state index in [1.54, 1.807) is 18.3 Å². The Morgan fingerprint density at radius 2 is 1.86 bits per heavy atom. The van der Waals surface area contributed by atoms with E-state index in [0.717, 1.165) is 17.1 Å². The predicted octanol–water partition coefficient (Wildman–Crippen LogP) is 3.34. The number of aromatic hydroxyl groups is 1. The second-order valence-electron chi connectivity index (χ2n) is 4.92. The lowest BCUT2D eigenvalue weighted by atomic mass is 10.1. The summed E-state index contributed by atoms with van der Waals surface area (Å²) in [6, 6.07) is 13.0. The fourth-order valence-corrected chi connectivity index (χ4v) is 2.19. The molecule has 1 N–H and O–H groups in total. The molecule has 0 fully saturated rings. The Hall–Kier alpha value is -2.49. The Labute approximate surface area is 123 Å². The van der Waals surface area contributed by atoms with Gasteiger partial charge >= 0.3 is 0 Å². The summed E-state index contributed by atoms with van der Waals surface area (Å²) in [6.07, 6.45) is 1.69. The molecule has 0 aromatic heterocycles. The Kier molecular flexibility index (Phi) is 3.77. The zero-order chi connectivity index (χ0) is 14.7. The zero-order valence-electron chi connectivity index (χ0n) is 11.8. The maximum absolute atomic E-state index is 9.72. The quantitative estimate of drug-likeness (QED) is 0.879. The average molecular weight is 283 g/mol. The van der Waals surface area contributed by atoms with Crippen molar-refractivity contribution in [3.05, 3.63) is 53.6 Å². The second kappa shape index (κ2) is 5.87. The zero-order valence-corrected chi connectivity index (χ0v) is 11.8. The van der Waals surface area contributed by atoms with E-state index in [9.17, 15) is 5.11 Å². The number of phenols is 1. The average Bonchev–Trinajstić information content (AvgIpc) is 2.53. The number of phenolic OH excluding ortho intramolecular Hbond substituents is 1. The van der Waals surface area contributed by atoms with Crippen LogP contribution in [0.1, 0.15) is 24.1 Å². The fourth-order valence-electron chi connectivity index (χ4n) is 2.19. The second-order valence-corrected chi connectivity index (χ2v) is 4.92. The molecule has 1 aliphatic heterocycles. The number of nitrogens with zero attached hydrogens (tertiary/aromatic N) is 1. The lowest BCUT2D eigenvalue weighted by molar-refractivity contribution is 0.171. The van der Waals surface area contributed by atoms with Crippen LogP contribution in [-0.2, 0) is 0 Å². The standard InChI is InChI=1S/C17H17NO3/c1-12(18-11-14-4-2-3-5-15(14)19)13-6-7-16-17(10-13)21-9-8-20-16/h2-7,10-12,19H,8-9H2,1H3/t12-/m0/s1. The van der Waals surface area contributed by atoms with E-state index in [4.69, 9.17) is 9.47 Å². The Morgan fingerprint density at radius 3 is 2.67 bits per heavy atom. The topological polar surface area (TPSA) is 51.1 Å². The molecular weight excluding hydrogens is 266 g/mol. The van der Waals surface area contributed by atoms with Gasteiger partial charge in [0.05, 0.1) is 6.04 Å². The minimum absolute atomic E-state index is 0.0274. The van der Waals surface area contributed by atoms with E-state index in [1.807, 2.05) is 37.3 Å². The molecule has 4 nitrogen and oxygen atoms in total. The van der Waals surface area contributed by atoms with E-state index in [1.165, 1.54) is 0 Å². The number of ether oxygens (including phenoxy) is 2. The highest BCUT2D eigenvalue weighted by Gasteiger charge is 2.13. The van der Waals surface area contributed by atoms with Crippen LogP contribution in [0.25, 0.3) is 0 Å². The SMILES string of the molecule is C[C@H](N=Cc1ccccc1O)c1ccc2c(c1)OCCO2. The van der Waals surface area contributed by atoms with Gasteiger partial charge in [0.1, 0.15) is 19.0 Å². The normalized spacial score (nSPS) is 15.1. The van der Waals surface area contributed by atoms with Crippen molar-refractivity contribution in [2.75, 3.05) is 13.2 Å². The van der Waals surface area contributed by atoms with Crippen LogP contribution in [0, 0.1) is 0 Å². The van der Waals surface area contributed by atoms with Crippen LogP contribution in [0.4, 0.5) is 0 Å². The van der Waals surface area contributed by atoms with Crippen LogP contribution in [0.15, 0.2) is 47.5 Å². The third-order valence-electron chi connectivity index (χ3n) is 3.42. The fraction of sp³-hybridized carbons (Fsp3) is 0.235. The van der Waals surface area contributed by atoms with Crippen molar-refractivity contribution in [1.29, 1.82) is 0 Å². The molecule has 1 heterocycles. The Balaban J connectivity index is 1.79. The lowest BCUT2D eigenvalue weighted by Gasteiger charge is -2.19. The van der Waals surface area contributed by atoms with E-state index >= 15 is 0 Å². The molecule has 4 heteroatoms. The molecule has 2 aromatic rings. The highest BCUT2D eigenvalue weighted by Crippen LogP contribution is 2.33. The highest BCUT2D eigenvalue weighted by molar-refractivity contribution is 5.83. The van der Waals surface area contributed by atoms with Gasteiger partial charge in [0, 0.05) is 11.8 Å². The van der Waals surface area contributed by atoms with Crippen LogP contribution in [0.3, 0.4) is 0 Å². The molecular formula is C17H17NO3. The van der Waals surface area contributed by atoms with E-state index in [0.29, 0.717) is 18.8 Å². The van der Waals surface area contributed by atoms with Crippen LogP contribution in [-0.4, -0.2) is 24.5 Å². The van der Waals surface area contributed by atoms with Gasteiger partial charge in [-0.25, -0.2) is 0 Å². The monoisotopic (exact) mass is 283 g/mol. The molecule has 108 valence electrons. The number of benzene rings is 2. The van der Waals surface area contributed by atoms with Crippen LogP contribution >= 0.6 is 0 Å². The molecule has 0 saturated carbocycles. The lowest BCUT2D eigenvalue weighted by Crippen LogP contribution is -2.15. The molecule has 0 radical (unpaired) electrons. The Bertz CT molecular complexity index is 667.